The Morgan fingerprint density at radius 2 is 2.00 bits per heavy atom. The van der Waals surface area contributed by atoms with Gasteiger partial charge in [0.25, 0.3) is 11.6 Å². The van der Waals surface area contributed by atoms with Crippen LogP contribution in [0.5, 0.6) is 5.75 Å². The Labute approximate surface area is 145 Å². The summed E-state index contributed by atoms with van der Waals surface area (Å²) in [6.45, 7) is -0.377. The van der Waals surface area contributed by atoms with Crippen LogP contribution in [-0.4, -0.2) is 22.4 Å². The van der Waals surface area contributed by atoms with Gasteiger partial charge in [-0.1, -0.05) is 34.8 Å². The van der Waals surface area contributed by atoms with Crippen molar-refractivity contribution in [3.8, 4) is 5.75 Å². The third-order valence-corrected chi connectivity index (χ3v) is 3.34. The molecular formula is C13H8Cl3N3O4. The highest BCUT2D eigenvalue weighted by Crippen LogP contribution is 2.28. The molecule has 1 amide bonds. The number of ether oxygens (including phenoxy) is 1. The number of carbonyl (C=O) groups is 1. The number of hydrogen-bond acceptors (Lipinski definition) is 5. The van der Waals surface area contributed by atoms with Crippen molar-refractivity contribution in [2.24, 2.45) is 0 Å². The number of aromatic nitrogens is 1. The van der Waals surface area contributed by atoms with Crippen LogP contribution >= 0.6 is 34.8 Å². The van der Waals surface area contributed by atoms with E-state index in [-0.39, 0.29) is 33.9 Å². The van der Waals surface area contributed by atoms with E-state index in [0.29, 0.717) is 5.02 Å². The second-order valence-electron chi connectivity index (χ2n) is 4.19. The van der Waals surface area contributed by atoms with E-state index in [9.17, 15) is 14.9 Å². The second-order valence-corrected chi connectivity index (χ2v) is 5.44. The summed E-state index contributed by atoms with van der Waals surface area (Å²) in [4.78, 5) is 25.7. The van der Waals surface area contributed by atoms with Gasteiger partial charge in [-0.25, -0.2) is 4.98 Å². The normalized spacial score (nSPS) is 10.2. The van der Waals surface area contributed by atoms with Crippen LogP contribution in [0.15, 0.2) is 30.5 Å². The molecule has 120 valence electrons. The molecule has 0 saturated heterocycles. The summed E-state index contributed by atoms with van der Waals surface area (Å²) in [6.07, 6.45) is 1.33. The Morgan fingerprint density at radius 1 is 1.26 bits per heavy atom. The molecule has 7 nitrogen and oxygen atoms in total. The Morgan fingerprint density at radius 3 is 2.61 bits per heavy atom. The predicted octanol–water partition coefficient (Wildman–Crippen LogP) is 3.97. The first-order chi connectivity index (χ1) is 10.9. The third-order valence-electron chi connectivity index (χ3n) is 2.55. The summed E-state index contributed by atoms with van der Waals surface area (Å²) in [5, 5.41) is 13.6. The van der Waals surface area contributed by atoms with Gasteiger partial charge in [-0.3, -0.25) is 14.9 Å². The summed E-state index contributed by atoms with van der Waals surface area (Å²) < 4.78 is 5.21. The van der Waals surface area contributed by atoms with Gasteiger partial charge in [0, 0.05) is 18.3 Å². The summed E-state index contributed by atoms with van der Waals surface area (Å²) in [5.41, 5.74) is -0.177. The Bertz CT molecular complexity index is 770. The van der Waals surface area contributed by atoms with Crippen LogP contribution in [0.4, 0.5) is 11.5 Å². The van der Waals surface area contributed by atoms with Crippen LogP contribution in [0.2, 0.25) is 15.1 Å². The average molecular weight is 377 g/mol. The molecule has 0 spiro atoms. The number of rotatable bonds is 5. The lowest BCUT2D eigenvalue weighted by molar-refractivity contribution is -0.384. The molecule has 1 heterocycles. The van der Waals surface area contributed by atoms with Crippen LogP contribution in [0, 0.1) is 10.1 Å². The Balaban J connectivity index is 1.98. The van der Waals surface area contributed by atoms with E-state index >= 15 is 0 Å². The first-order valence-corrected chi connectivity index (χ1v) is 7.18. The minimum atomic E-state index is -0.587. The van der Waals surface area contributed by atoms with Crippen LogP contribution in [0.25, 0.3) is 0 Å². The van der Waals surface area contributed by atoms with Gasteiger partial charge in [0.15, 0.2) is 12.4 Å². The molecule has 1 aromatic carbocycles. The first-order valence-electron chi connectivity index (χ1n) is 6.04. The molecule has 0 fully saturated rings. The fourth-order valence-corrected chi connectivity index (χ4v) is 2.20. The zero-order chi connectivity index (χ0) is 17.0. The van der Waals surface area contributed by atoms with Crippen molar-refractivity contribution in [2.45, 2.75) is 0 Å². The topological polar surface area (TPSA) is 94.4 Å². The monoisotopic (exact) mass is 375 g/mol. The molecule has 0 aliphatic rings. The molecule has 0 radical (unpaired) electrons. The average Bonchev–Trinajstić information content (AvgIpc) is 2.48. The molecule has 1 aromatic heterocycles. The molecule has 0 bridgehead atoms. The number of nitrogens with zero attached hydrogens (tertiary/aromatic N) is 2. The number of amides is 1. The highest BCUT2D eigenvalue weighted by molar-refractivity contribution is 6.36. The van der Waals surface area contributed by atoms with Gasteiger partial charge in [-0.2, -0.15) is 0 Å². The van der Waals surface area contributed by atoms with Crippen LogP contribution in [0.3, 0.4) is 0 Å². The third kappa shape index (κ3) is 4.69. The number of non-ortho nitro benzene ring substituents is 1. The van der Waals surface area contributed by atoms with Crippen molar-refractivity contribution in [3.05, 3.63) is 55.6 Å². The van der Waals surface area contributed by atoms with Gasteiger partial charge < -0.3 is 10.1 Å². The highest BCUT2D eigenvalue weighted by atomic mass is 35.5. The van der Waals surface area contributed by atoms with E-state index in [0.717, 1.165) is 6.07 Å². The van der Waals surface area contributed by atoms with E-state index in [1.807, 2.05) is 0 Å². The molecule has 0 unspecified atom stereocenters. The van der Waals surface area contributed by atoms with E-state index < -0.39 is 10.8 Å². The molecule has 1 N–H and O–H groups in total. The fourth-order valence-electron chi connectivity index (χ4n) is 1.54. The number of halogens is 3. The number of carbonyl (C=O) groups excluding carboxylic acids is 1. The quantitative estimate of drug-likeness (QED) is 0.629. The second kappa shape index (κ2) is 7.45. The SMILES string of the molecule is O=C(COc1ccc([N+](=O)[O-])cc1Cl)Nc1ncc(Cl)cc1Cl. The van der Waals surface area contributed by atoms with Crippen LogP contribution in [0.1, 0.15) is 0 Å². The van der Waals surface area contributed by atoms with Gasteiger partial charge in [-0.05, 0) is 12.1 Å². The van der Waals surface area contributed by atoms with Crippen molar-refractivity contribution in [3.63, 3.8) is 0 Å². The summed E-state index contributed by atoms with van der Waals surface area (Å²) in [7, 11) is 0. The number of anilines is 1. The van der Waals surface area contributed by atoms with E-state index in [1.54, 1.807) is 0 Å². The van der Waals surface area contributed by atoms with Crippen molar-refractivity contribution in [1.29, 1.82) is 0 Å². The molecular weight excluding hydrogens is 369 g/mol. The lowest BCUT2D eigenvalue weighted by Crippen LogP contribution is -2.21. The van der Waals surface area contributed by atoms with Gasteiger partial charge in [0.1, 0.15) is 5.75 Å². The largest absolute Gasteiger partial charge is 0.482 e. The van der Waals surface area contributed by atoms with Gasteiger partial charge in [0.2, 0.25) is 0 Å². The minimum absolute atomic E-state index is 0.0228. The smallest absolute Gasteiger partial charge is 0.271 e. The number of nitro benzene ring substituents is 1. The lowest BCUT2D eigenvalue weighted by Gasteiger charge is -2.09. The first kappa shape index (κ1) is 17.3. The van der Waals surface area contributed by atoms with Crippen molar-refractivity contribution < 1.29 is 14.5 Å². The molecule has 10 heteroatoms. The fraction of sp³-hybridized carbons (Fsp3) is 0.0769. The molecule has 2 aromatic rings. The molecule has 0 saturated carbocycles. The Kier molecular flexibility index (Phi) is 5.59. The predicted molar refractivity (Wildman–Crippen MR) is 86.5 cm³/mol. The van der Waals surface area contributed by atoms with Crippen molar-refractivity contribution in [2.75, 3.05) is 11.9 Å². The standard InChI is InChI=1S/C13H8Cl3N3O4/c14-7-3-10(16)13(17-5-7)18-12(20)6-23-11-2-1-8(19(21)22)4-9(11)15/h1-5H,6H2,(H,17,18,20). The molecule has 0 aliphatic carbocycles. The maximum Gasteiger partial charge on any atom is 0.271 e. The summed E-state index contributed by atoms with van der Waals surface area (Å²) >= 11 is 17.4. The minimum Gasteiger partial charge on any atom is -0.482 e. The zero-order valence-corrected chi connectivity index (χ0v) is 13.5. The van der Waals surface area contributed by atoms with Gasteiger partial charge in [-0.15, -0.1) is 0 Å². The molecule has 0 atom stereocenters. The number of nitrogens with one attached hydrogen (secondary N) is 1. The highest BCUT2D eigenvalue weighted by Gasteiger charge is 2.13. The number of nitro groups is 1. The zero-order valence-electron chi connectivity index (χ0n) is 11.3. The lowest BCUT2D eigenvalue weighted by atomic mass is 10.3. The maximum absolute atomic E-state index is 11.8. The number of pyridine rings is 1. The maximum atomic E-state index is 11.8. The summed E-state index contributed by atoms with van der Waals surface area (Å²) in [6, 6.07) is 5.09. The number of benzene rings is 1. The van der Waals surface area contributed by atoms with E-state index in [1.165, 1.54) is 24.4 Å². The number of hydrogen-bond donors (Lipinski definition) is 1. The molecule has 0 aliphatic heterocycles. The molecule has 23 heavy (non-hydrogen) atoms. The van der Waals surface area contributed by atoms with E-state index in [2.05, 4.69) is 10.3 Å². The van der Waals surface area contributed by atoms with Crippen LogP contribution in [-0.2, 0) is 4.79 Å². The van der Waals surface area contributed by atoms with E-state index in [4.69, 9.17) is 39.5 Å². The van der Waals surface area contributed by atoms with Crippen LogP contribution < -0.4 is 10.1 Å². The van der Waals surface area contributed by atoms with Gasteiger partial charge >= 0.3 is 0 Å². The van der Waals surface area contributed by atoms with Crippen molar-refractivity contribution in [1.82, 2.24) is 4.98 Å². The summed E-state index contributed by atoms with van der Waals surface area (Å²) in [5.74, 6) is -0.252. The van der Waals surface area contributed by atoms with Gasteiger partial charge in [0.05, 0.1) is 20.0 Å². The van der Waals surface area contributed by atoms with Crippen molar-refractivity contribution >= 4 is 52.2 Å². The Hall–Kier alpha value is -2.09. The molecule has 2 rings (SSSR count).